The van der Waals surface area contributed by atoms with Crippen LogP contribution in [0.2, 0.25) is 0 Å². The molecule has 0 saturated heterocycles. The molecule has 1 aromatic heterocycles. The number of nitrogens with zero attached hydrogens (tertiary/aromatic N) is 3. The number of hydrogen-bond donors (Lipinski definition) is 0. The van der Waals surface area contributed by atoms with Gasteiger partial charge in [0.1, 0.15) is 0 Å². The van der Waals surface area contributed by atoms with E-state index in [2.05, 4.69) is 31.0 Å². The Kier molecular flexibility index (Phi) is 18.7. The number of benzene rings is 10. The second kappa shape index (κ2) is 27.0. The van der Waals surface area contributed by atoms with Crippen LogP contribution in [-0.2, 0) is 14.8 Å². The van der Waals surface area contributed by atoms with Gasteiger partial charge in [0.15, 0.2) is 34.9 Å². The van der Waals surface area contributed by atoms with Gasteiger partial charge in [-0.1, -0.05) is 250 Å². The van der Waals surface area contributed by atoms with E-state index in [0.29, 0.717) is 44.5 Å². The second-order valence-corrected chi connectivity index (χ2v) is 20.0. The van der Waals surface area contributed by atoms with Crippen LogP contribution in [0.5, 0.6) is 0 Å². The molecule has 0 bridgehead atoms. The number of rotatable bonds is 16. The number of aromatic nitrogens is 1. The van der Waals surface area contributed by atoms with Gasteiger partial charge in [-0.3, -0.25) is 9.98 Å². The van der Waals surface area contributed by atoms with Gasteiger partial charge in [-0.15, -0.1) is 6.07 Å². The second-order valence-electron chi connectivity index (χ2n) is 20.0. The van der Waals surface area contributed by atoms with Crippen LogP contribution in [0, 0.1) is 41.0 Å². The van der Waals surface area contributed by atoms with Crippen molar-refractivity contribution < 1.29 is 41.2 Å². The van der Waals surface area contributed by atoms with Gasteiger partial charge >= 0.3 is 25.0 Å². The Hall–Kier alpha value is -8.93. The van der Waals surface area contributed by atoms with Gasteiger partial charge in [-0.2, -0.15) is 12.1 Å². The maximum absolute atomic E-state index is 17.5. The summed E-state index contributed by atoms with van der Waals surface area (Å²) in [6.07, 6.45) is 0. The van der Waals surface area contributed by atoms with Crippen molar-refractivity contribution in [2.24, 2.45) is 9.98 Å². The summed E-state index contributed by atoms with van der Waals surface area (Å²) < 4.78 is 104. The summed E-state index contributed by atoms with van der Waals surface area (Å²) in [4.78, 5) is 15.3. The Bertz CT molecular complexity index is 3430. The van der Waals surface area contributed by atoms with Crippen LogP contribution in [0.15, 0.2) is 265 Å². The van der Waals surface area contributed by atoms with Crippen LogP contribution in [0.3, 0.4) is 0 Å². The molecule has 1 heterocycles. The number of halogens is 7. The Labute approximate surface area is 497 Å². The van der Waals surface area contributed by atoms with Crippen molar-refractivity contribution in [3.8, 4) is 0 Å². The van der Waals surface area contributed by atoms with Crippen molar-refractivity contribution in [2.45, 2.75) is 37.5 Å². The zero-order chi connectivity index (χ0) is 58.7. The topological polar surface area (TPSA) is 37.6 Å². The molecule has 0 saturated carbocycles. The van der Waals surface area contributed by atoms with Gasteiger partial charge in [-0.05, 0) is 62.8 Å². The third-order valence-electron chi connectivity index (χ3n) is 14.9. The number of pyridine rings is 1. The Morgan fingerprint density at radius 1 is 0.333 bits per heavy atom. The molecule has 0 aliphatic heterocycles. The molecule has 0 unspecified atom stereocenters. The molecule has 0 aliphatic carbocycles. The first-order valence-corrected chi connectivity index (χ1v) is 28.4. The van der Waals surface area contributed by atoms with Crippen molar-refractivity contribution in [1.29, 1.82) is 0 Å². The molecule has 0 radical (unpaired) electrons. The van der Waals surface area contributed by atoms with Crippen LogP contribution in [0.4, 0.5) is 37.7 Å². The molecular formula is C73H52ClCoF6N3. The zero-order valence-corrected chi connectivity index (χ0v) is 47.2. The van der Waals surface area contributed by atoms with Crippen LogP contribution in [0.1, 0.15) is 116 Å². The standard InChI is InChI=1S/C73H52F6N3.ClH.Co/c1-46(80-72-62(58(48-28-11-3-12-29-48)49-30-13-4-14-31-49)66(74)70(78)67(75)63(72)59(50-32-15-5-16-33-50)51-34-17-6-18-35-51)56-44-27-45-57(82-56)47(2)81-73-64(60(52-36-19-7-20-37-52)53-38-21-8-22-39-53)68(76)71(79)69(77)65(73)61(54-40-23-9-24-41-54)55-42-25-10-26-43-55;;/h3-44,58-61H,1-2H3;1H;/q-1;;+2/p-1. The van der Waals surface area contributed by atoms with Gasteiger partial charge < -0.3 is 4.99 Å². The first-order valence-electron chi connectivity index (χ1n) is 27.0. The van der Waals surface area contributed by atoms with E-state index in [0.717, 1.165) is 0 Å². The summed E-state index contributed by atoms with van der Waals surface area (Å²) in [6, 6.07) is 78.8. The van der Waals surface area contributed by atoms with Crippen LogP contribution >= 0.6 is 10.1 Å². The van der Waals surface area contributed by atoms with E-state index >= 15 is 26.3 Å². The van der Waals surface area contributed by atoms with E-state index in [1.54, 1.807) is 123 Å². The van der Waals surface area contributed by atoms with E-state index in [1.165, 1.54) is 0 Å². The molecule has 11 heteroatoms. The van der Waals surface area contributed by atoms with E-state index < -0.39 is 58.6 Å². The summed E-state index contributed by atoms with van der Waals surface area (Å²) in [5.41, 5.74) is 4.40. The predicted molar refractivity (Wildman–Crippen MR) is 321 cm³/mol. The molecule has 10 aromatic carbocycles. The van der Waals surface area contributed by atoms with Gasteiger partial charge in [0.2, 0.25) is 0 Å². The zero-order valence-electron chi connectivity index (χ0n) is 45.4. The van der Waals surface area contributed by atoms with E-state index in [4.69, 9.17) is 15.0 Å². The molecule has 0 atom stereocenters. The van der Waals surface area contributed by atoms with Crippen molar-refractivity contribution in [3.63, 3.8) is 0 Å². The Balaban J connectivity index is 0.00000389. The fraction of sp³-hybridized carbons (Fsp3) is 0.0822. The Morgan fingerprint density at radius 2 is 0.548 bits per heavy atom. The molecule has 0 fully saturated rings. The fourth-order valence-corrected chi connectivity index (χ4v) is 11.2. The molecule has 3 nitrogen and oxygen atoms in total. The Morgan fingerprint density at radius 3 is 0.774 bits per heavy atom. The van der Waals surface area contributed by atoms with E-state index in [-0.39, 0.29) is 56.4 Å². The van der Waals surface area contributed by atoms with Gasteiger partial charge in [0.05, 0.1) is 17.1 Å². The quantitative estimate of drug-likeness (QED) is 0.0312. The first-order chi connectivity index (χ1) is 41.1. The van der Waals surface area contributed by atoms with Crippen molar-refractivity contribution in [2.75, 3.05) is 0 Å². The summed E-state index contributed by atoms with van der Waals surface area (Å²) in [7, 11) is 4.33. The summed E-state index contributed by atoms with van der Waals surface area (Å²) >= 11 is 3.03. The molecule has 11 rings (SSSR count). The average Bonchev–Trinajstić information content (AvgIpc) is 3.75. The summed E-state index contributed by atoms with van der Waals surface area (Å²) in [5, 5.41) is 0. The molecule has 0 aliphatic rings. The third kappa shape index (κ3) is 12.1. The number of aliphatic imine (C=N–C) groups is 2. The van der Waals surface area contributed by atoms with E-state index in [9.17, 15) is 0 Å². The minimum atomic E-state index is -1.65. The monoisotopic (exact) mass is 1180 g/mol. The molecular weight excluding hydrogens is 1130 g/mol. The molecule has 11 aromatic rings. The molecule has 417 valence electrons. The van der Waals surface area contributed by atoms with Crippen molar-refractivity contribution >= 4 is 32.9 Å². The van der Waals surface area contributed by atoms with Gasteiger partial charge in [-0.25, -0.2) is 26.3 Å². The summed E-state index contributed by atoms with van der Waals surface area (Å²) in [5.74, 6) is -12.8. The van der Waals surface area contributed by atoms with Gasteiger partial charge in [0.25, 0.3) is 0 Å². The number of hydrogen-bond acceptors (Lipinski definition) is 3. The first kappa shape index (κ1) is 58.3. The maximum atomic E-state index is 17.5. The average molecular weight is 1180 g/mol. The van der Waals surface area contributed by atoms with Crippen molar-refractivity contribution in [1.82, 2.24) is 4.98 Å². The van der Waals surface area contributed by atoms with Crippen LogP contribution in [0.25, 0.3) is 0 Å². The SMILES string of the molecule is CC(=Nc1c(C(c2ccccc2)c2ccccc2)c(F)c(F)c(F)c1C(c1ccccc1)c1ccccc1)c1[c-]ccc(C(C)=Nc2c(C(c3ccccc3)c3ccccc3)c(F)c(F)c(F)c2C(c2ccccc2)c2ccccc2)n1.[Cl][Co+]. The third-order valence-corrected chi connectivity index (χ3v) is 14.9. The normalized spacial score (nSPS) is 11.8. The van der Waals surface area contributed by atoms with Crippen LogP contribution < -0.4 is 0 Å². The van der Waals surface area contributed by atoms with Crippen LogP contribution in [-0.4, -0.2) is 16.4 Å². The molecule has 0 amide bonds. The summed E-state index contributed by atoms with van der Waals surface area (Å²) in [6.45, 7) is 3.26. The minimum absolute atomic E-state index is 0.121. The molecule has 84 heavy (non-hydrogen) atoms. The predicted octanol–water partition coefficient (Wildman–Crippen LogP) is 19.4. The van der Waals surface area contributed by atoms with Gasteiger partial charge in [0, 0.05) is 51.6 Å². The van der Waals surface area contributed by atoms with E-state index in [1.807, 2.05) is 146 Å². The fourth-order valence-electron chi connectivity index (χ4n) is 11.2. The molecule has 0 N–H and O–H groups in total. The molecule has 0 spiro atoms. The van der Waals surface area contributed by atoms with Crippen molar-refractivity contribution in [3.05, 3.63) is 374 Å².